The van der Waals surface area contributed by atoms with Crippen molar-refractivity contribution in [2.24, 2.45) is 0 Å². The van der Waals surface area contributed by atoms with Crippen LogP contribution in [0.2, 0.25) is 0 Å². The Balaban J connectivity index is 2.67. The summed E-state index contributed by atoms with van der Waals surface area (Å²) in [6.45, 7) is 3.71. The summed E-state index contributed by atoms with van der Waals surface area (Å²) in [7, 11) is -3.10. The molecule has 0 aliphatic heterocycles. The zero-order valence-electron chi connectivity index (χ0n) is 11.0. The summed E-state index contributed by atoms with van der Waals surface area (Å²) in [6.07, 6.45) is 1.30. The number of ether oxygens (including phenoxy) is 1. The SMILES string of the molecule is CCCS(=O)(=O)CCOc1cc(CC)sc1C(=O)O. The van der Waals surface area contributed by atoms with E-state index in [4.69, 9.17) is 9.84 Å². The number of carbonyl (C=O) groups is 1. The molecule has 0 spiro atoms. The van der Waals surface area contributed by atoms with E-state index < -0.39 is 15.8 Å². The number of aromatic carboxylic acids is 1. The maximum atomic E-state index is 11.5. The second-order valence-electron chi connectivity index (χ2n) is 4.07. The predicted octanol–water partition coefficient (Wildman–Crippen LogP) is 2.21. The monoisotopic (exact) mass is 306 g/mol. The van der Waals surface area contributed by atoms with E-state index in [0.717, 1.165) is 22.6 Å². The van der Waals surface area contributed by atoms with Gasteiger partial charge in [-0.05, 0) is 18.9 Å². The van der Waals surface area contributed by atoms with Crippen LogP contribution in [0.25, 0.3) is 0 Å². The van der Waals surface area contributed by atoms with Gasteiger partial charge in [-0.2, -0.15) is 0 Å². The predicted molar refractivity (Wildman–Crippen MR) is 75.1 cm³/mol. The van der Waals surface area contributed by atoms with Crippen molar-refractivity contribution >= 4 is 27.1 Å². The first-order valence-corrected chi connectivity index (χ1v) is 8.72. The van der Waals surface area contributed by atoms with Crippen LogP contribution in [0, 0.1) is 0 Å². The van der Waals surface area contributed by atoms with Crippen molar-refractivity contribution in [1.29, 1.82) is 0 Å². The molecule has 0 saturated carbocycles. The number of rotatable bonds is 8. The Morgan fingerprint density at radius 1 is 1.37 bits per heavy atom. The van der Waals surface area contributed by atoms with Gasteiger partial charge in [-0.15, -0.1) is 11.3 Å². The quantitative estimate of drug-likeness (QED) is 0.796. The molecule has 0 aliphatic carbocycles. The molecule has 0 unspecified atom stereocenters. The molecule has 0 aliphatic rings. The van der Waals surface area contributed by atoms with Crippen molar-refractivity contribution in [3.8, 4) is 5.75 Å². The summed E-state index contributed by atoms with van der Waals surface area (Å²) in [5.74, 6) is -0.736. The summed E-state index contributed by atoms with van der Waals surface area (Å²) >= 11 is 1.16. The number of thiophene rings is 1. The maximum Gasteiger partial charge on any atom is 0.349 e. The van der Waals surface area contributed by atoms with Crippen LogP contribution in [0.1, 0.15) is 34.8 Å². The van der Waals surface area contributed by atoms with Crippen LogP contribution in [0.15, 0.2) is 6.07 Å². The molecular formula is C12H18O5S2. The lowest BCUT2D eigenvalue weighted by atomic mass is 10.3. The summed E-state index contributed by atoms with van der Waals surface area (Å²) in [4.78, 5) is 12.1. The Morgan fingerprint density at radius 3 is 2.58 bits per heavy atom. The average molecular weight is 306 g/mol. The van der Waals surface area contributed by atoms with Gasteiger partial charge >= 0.3 is 5.97 Å². The molecule has 1 N–H and O–H groups in total. The van der Waals surface area contributed by atoms with Crippen LogP contribution in [0.4, 0.5) is 0 Å². The Bertz CT molecular complexity index is 530. The van der Waals surface area contributed by atoms with E-state index in [0.29, 0.717) is 6.42 Å². The highest BCUT2D eigenvalue weighted by Crippen LogP contribution is 2.29. The molecule has 5 nitrogen and oxygen atoms in total. The van der Waals surface area contributed by atoms with E-state index in [1.54, 1.807) is 13.0 Å². The van der Waals surface area contributed by atoms with Gasteiger partial charge in [0.25, 0.3) is 0 Å². The van der Waals surface area contributed by atoms with Crippen molar-refractivity contribution in [1.82, 2.24) is 0 Å². The molecule has 1 aromatic rings. The van der Waals surface area contributed by atoms with Crippen LogP contribution < -0.4 is 4.74 Å². The lowest BCUT2D eigenvalue weighted by Crippen LogP contribution is -2.17. The summed E-state index contributed by atoms with van der Waals surface area (Å²) < 4.78 is 28.3. The Labute approximate surface area is 117 Å². The molecule has 0 amide bonds. The number of aryl methyl sites for hydroxylation is 1. The molecule has 0 saturated heterocycles. The second-order valence-corrected chi connectivity index (χ2v) is 7.51. The smallest absolute Gasteiger partial charge is 0.349 e. The van der Waals surface area contributed by atoms with E-state index in [1.165, 1.54) is 0 Å². The number of hydrogen-bond donors (Lipinski definition) is 1. The third-order valence-electron chi connectivity index (χ3n) is 2.46. The highest BCUT2D eigenvalue weighted by atomic mass is 32.2. The molecular weight excluding hydrogens is 288 g/mol. The highest BCUT2D eigenvalue weighted by Gasteiger charge is 2.17. The fourth-order valence-electron chi connectivity index (χ4n) is 1.54. The normalized spacial score (nSPS) is 11.5. The van der Waals surface area contributed by atoms with Gasteiger partial charge in [0.2, 0.25) is 0 Å². The molecule has 0 aromatic carbocycles. The molecule has 0 bridgehead atoms. The molecule has 19 heavy (non-hydrogen) atoms. The summed E-state index contributed by atoms with van der Waals surface area (Å²) in [5.41, 5.74) is 0. The molecule has 0 fully saturated rings. The number of sulfone groups is 1. The minimum absolute atomic E-state index is 0.0114. The molecule has 108 valence electrons. The Hall–Kier alpha value is -1.08. The first-order chi connectivity index (χ1) is 8.89. The van der Waals surface area contributed by atoms with E-state index in [-0.39, 0.29) is 28.7 Å². The van der Waals surface area contributed by atoms with E-state index in [1.807, 2.05) is 6.92 Å². The second kappa shape index (κ2) is 6.91. The van der Waals surface area contributed by atoms with Crippen LogP contribution >= 0.6 is 11.3 Å². The highest BCUT2D eigenvalue weighted by molar-refractivity contribution is 7.91. The Morgan fingerprint density at radius 2 is 2.05 bits per heavy atom. The molecule has 7 heteroatoms. The van der Waals surface area contributed by atoms with Crippen molar-refractivity contribution in [2.45, 2.75) is 26.7 Å². The first kappa shape index (κ1) is 16.0. The zero-order chi connectivity index (χ0) is 14.5. The average Bonchev–Trinajstić information content (AvgIpc) is 2.72. The van der Waals surface area contributed by atoms with Crippen molar-refractivity contribution in [2.75, 3.05) is 18.1 Å². The molecule has 1 heterocycles. The third kappa shape index (κ3) is 4.83. The number of carboxylic acids is 1. The lowest BCUT2D eigenvalue weighted by Gasteiger charge is -2.05. The van der Waals surface area contributed by atoms with Crippen molar-refractivity contribution in [3.63, 3.8) is 0 Å². The van der Waals surface area contributed by atoms with Gasteiger partial charge in [-0.25, -0.2) is 13.2 Å². The lowest BCUT2D eigenvalue weighted by molar-refractivity contribution is 0.0698. The van der Waals surface area contributed by atoms with E-state index >= 15 is 0 Å². The van der Waals surface area contributed by atoms with E-state index in [9.17, 15) is 13.2 Å². The van der Waals surface area contributed by atoms with Crippen molar-refractivity contribution < 1.29 is 23.1 Å². The van der Waals surface area contributed by atoms with Crippen molar-refractivity contribution in [3.05, 3.63) is 15.8 Å². The summed E-state index contributed by atoms with van der Waals surface area (Å²) in [5, 5.41) is 9.03. The van der Waals surface area contributed by atoms with Gasteiger partial charge < -0.3 is 9.84 Å². The van der Waals surface area contributed by atoms with Gasteiger partial charge in [-0.1, -0.05) is 13.8 Å². The maximum absolute atomic E-state index is 11.5. The topological polar surface area (TPSA) is 80.7 Å². The number of hydrogen-bond acceptors (Lipinski definition) is 5. The fourth-order valence-corrected chi connectivity index (χ4v) is 3.59. The molecule has 1 aromatic heterocycles. The molecule has 0 atom stereocenters. The van der Waals surface area contributed by atoms with Crippen LogP contribution in [0.5, 0.6) is 5.75 Å². The van der Waals surface area contributed by atoms with E-state index in [2.05, 4.69) is 0 Å². The standard InChI is InChI=1S/C12H18O5S2/c1-3-6-19(15,16)7-5-17-10-8-9(4-2)18-11(10)12(13)14/h8H,3-7H2,1-2H3,(H,13,14). The zero-order valence-corrected chi connectivity index (χ0v) is 12.6. The van der Waals surface area contributed by atoms with Gasteiger partial charge in [-0.3, -0.25) is 0 Å². The van der Waals surface area contributed by atoms with Crippen LogP contribution in [0.3, 0.4) is 0 Å². The molecule has 0 radical (unpaired) electrons. The van der Waals surface area contributed by atoms with Gasteiger partial charge in [0, 0.05) is 4.88 Å². The minimum Gasteiger partial charge on any atom is -0.491 e. The largest absolute Gasteiger partial charge is 0.491 e. The molecule has 1 rings (SSSR count). The Kier molecular flexibility index (Phi) is 5.81. The third-order valence-corrected chi connectivity index (χ3v) is 5.53. The van der Waals surface area contributed by atoms with Gasteiger partial charge in [0.15, 0.2) is 14.7 Å². The van der Waals surface area contributed by atoms with Crippen LogP contribution in [-0.4, -0.2) is 37.6 Å². The first-order valence-electron chi connectivity index (χ1n) is 6.08. The van der Waals surface area contributed by atoms with Gasteiger partial charge in [0.1, 0.15) is 12.4 Å². The fraction of sp³-hybridized carbons (Fsp3) is 0.583. The minimum atomic E-state index is -3.10. The van der Waals surface area contributed by atoms with Crippen LogP contribution in [-0.2, 0) is 16.3 Å². The summed E-state index contributed by atoms with van der Waals surface area (Å²) in [6, 6.07) is 1.67. The van der Waals surface area contributed by atoms with Gasteiger partial charge in [0.05, 0.1) is 11.5 Å². The number of carboxylic acid groups (broad SMARTS) is 1.